The normalized spacial score (nSPS) is 24.8. The number of carbonyl (C=O) groups excluding carboxylic acids is 2. The average molecular weight is 358 g/mol. The Balaban J connectivity index is 1.62. The maximum absolute atomic E-state index is 13.8. The zero-order valence-electron chi connectivity index (χ0n) is 14.3. The van der Waals surface area contributed by atoms with Crippen LogP contribution in [0.5, 0.6) is 0 Å². The van der Waals surface area contributed by atoms with Crippen molar-refractivity contribution in [2.45, 2.75) is 19.4 Å². The van der Waals surface area contributed by atoms with Gasteiger partial charge in [-0.1, -0.05) is 24.2 Å². The molecule has 0 unspecified atom stereocenters. The molecule has 3 heterocycles. The van der Waals surface area contributed by atoms with Crippen molar-refractivity contribution in [2.75, 3.05) is 19.6 Å². The Morgan fingerprint density at radius 1 is 1.31 bits per heavy atom. The molecule has 8 heteroatoms. The fraction of sp³-hybridized carbons (Fsp3) is 0.444. The Morgan fingerprint density at radius 3 is 2.85 bits per heavy atom. The van der Waals surface area contributed by atoms with Crippen LogP contribution < -0.4 is 0 Å². The molecule has 0 aliphatic carbocycles. The maximum atomic E-state index is 13.8. The summed E-state index contributed by atoms with van der Waals surface area (Å²) in [7, 11) is 0. The zero-order valence-corrected chi connectivity index (χ0v) is 14.3. The number of fused-ring (bicyclic) bond motifs is 1. The van der Waals surface area contributed by atoms with Crippen LogP contribution in [-0.2, 0) is 4.79 Å². The summed E-state index contributed by atoms with van der Waals surface area (Å²) in [6.07, 6.45) is 1.70. The Bertz CT molecular complexity index is 826. The van der Waals surface area contributed by atoms with Crippen molar-refractivity contribution in [1.29, 1.82) is 0 Å². The highest BCUT2D eigenvalue weighted by molar-refractivity contribution is 5.92. The quantitative estimate of drug-likeness (QED) is 0.837. The molecule has 136 valence electrons. The Kier molecular flexibility index (Phi) is 4.18. The molecular weight excluding hydrogens is 339 g/mol. The largest absolute Gasteiger partial charge is 0.336 e. The molecule has 2 saturated heterocycles. The van der Waals surface area contributed by atoms with Gasteiger partial charge < -0.3 is 9.80 Å². The van der Waals surface area contributed by atoms with Gasteiger partial charge in [-0.3, -0.25) is 9.59 Å². The summed E-state index contributed by atoms with van der Waals surface area (Å²) >= 11 is 0. The Hall–Kier alpha value is -2.77. The fourth-order valence-corrected chi connectivity index (χ4v) is 4.21. The minimum Gasteiger partial charge on any atom is -0.336 e. The van der Waals surface area contributed by atoms with E-state index in [-0.39, 0.29) is 41.2 Å². The number of amides is 2. The van der Waals surface area contributed by atoms with Crippen molar-refractivity contribution in [3.05, 3.63) is 47.5 Å². The lowest BCUT2D eigenvalue weighted by Gasteiger charge is -2.29. The van der Waals surface area contributed by atoms with Gasteiger partial charge in [-0.25, -0.2) is 9.02 Å². The number of aromatic nitrogens is 2. The number of hydrogen-bond acceptors (Lipinski definition) is 5. The summed E-state index contributed by atoms with van der Waals surface area (Å²) in [4.78, 5) is 28.5. The summed E-state index contributed by atoms with van der Waals surface area (Å²) < 4.78 is 18.3. The number of likely N-dealkylation sites (tertiary alicyclic amines) is 2. The topological polar surface area (TPSA) is 79.5 Å². The fourth-order valence-electron chi connectivity index (χ4n) is 4.21. The van der Waals surface area contributed by atoms with Crippen molar-refractivity contribution >= 4 is 11.8 Å². The molecule has 0 spiro atoms. The molecule has 4 rings (SSSR count). The molecule has 26 heavy (non-hydrogen) atoms. The van der Waals surface area contributed by atoms with E-state index < -0.39 is 0 Å². The van der Waals surface area contributed by atoms with E-state index >= 15 is 0 Å². The Morgan fingerprint density at radius 2 is 2.15 bits per heavy atom. The summed E-state index contributed by atoms with van der Waals surface area (Å²) in [5.74, 6) is -0.285. The second-order valence-corrected chi connectivity index (χ2v) is 6.83. The van der Waals surface area contributed by atoms with Crippen LogP contribution in [0.25, 0.3) is 0 Å². The van der Waals surface area contributed by atoms with Crippen molar-refractivity contribution in [2.24, 2.45) is 11.8 Å². The minimum absolute atomic E-state index is 0.0484. The van der Waals surface area contributed by atoms with Crippen LogP contribution in [0.4, 0.5) is 4.39 Å². The highest BCUT2D eigenvalue weighted by Crippen LogP contribution is 2.45. The first-order chi connectivity index (χ1) is 12.6. The first-order valence-electron chi connectivity index (χ1n) is 8.70. The van der Waals surface area contributed by atoms with E-state index in [1.807, 2.05) is 17.9 Å². The number of carbonyl (C=O) groups is 2. The molecule has 0 bridgehead atoms. The molecule has 2 fully saturated rings. The zero-order chi connectivity index (χ0) is 18.3. The van der Waals surface area contributed by atoms with Gasteiger partial charge in [-0.2, -0.15) is 0 Å². The molecule has 2 aliphatic rings. The van der Waals surface area contributed by atoms with E-state index in [2.05, 4.69) is 14.9 Å². The molecule has 0 N–H and O–H groups in total. The highest BCUT2D eigenvalue weighted by atomic mass is 19.1. The van der Waals surface area contributed by atoms with E-state index in [4.69, 9.17) is 0 Å². The molecule has 3 atom stereocenters. The van der Waals surface area contributed by atoms with Crippen LogP contribution in [0, 0.1) is 17.7 Å². The van der Waals surface area contributed by atoms with Gasteiger partial charge in [0, 0.05) is 37.9 Å². The molecule has 7 nitrogen and oxygen atoms in total. The number of nitrogens with zero attached hydrogens (tertiary/aromatic N) is 4. The monoisotopic (exact) mass is 358 g/mol. The molecule has 2 aromatic rings. The van der Waals surface area contributed by atoms with Gasteiger partial charge in [-0.05, 0) is 22.9 Å². The summed E-state index contributed by atoms with van der Waals surface area (Å²) in [6.45, 7) is 3.42. The van der Waals surface area contributed by atoms with E-state index in [1.54, 1.807) is 11.0 Å². The van der Waals surface area contributed by atoms with Crippen LogP contribution in [0.2, 0.25) is 0 Å². The maximum Gasteiger partial charge on any atom is 0.277 e. The van der Waals surface area contributed by atoms with Crippen molar-refractivity contribution in [3.63, 3.8) is 0 Å². The van der Waals surface area contributed by atoms with E-state index in [1.165, 1.54) is 18.3 Å². The van der Waals surface area contributed by atoms with E-state index in [0.29, 0.717) is 26.1 Å². The highest BCUT2D eigenvalue weighted by Gasteiger charge is 2.50. The van der Waals surface area contributed by atoms with Gasteiger partial charge in [0.25, 0.3) is 5.91 Å². The smallest absolute Gasteiger partial charge is 0.277 e. The van der Waals surface area contributed by atoms with Crippen LogP contribution in [0.1, 0.15) is 35.4 Å². The van der Waals surface area contributed by atoms with Gasteiger partial charge in [0.2, 0.25) is 5.91 Å². The van der Waals surface area contributed by atoms with Crippen molar-refractivity contribution in [3.8, 4) is 0 Å². The van der Waals surface area contributed by atoms with E-state index in [9.17, 15) is 14.0 Å². The average Bonchev–Trinajstić information content (AvgIpc) is 3.35. The third-order valence-electron chi connectivity index (χ3n) is 5.34. The Labute approximate surface area is 149 Å². The van der Waals surface area contributed by atoms with Gasteiger partial charge in [0.15, 0.2) is 5.69 Å². The third kappa shape index (κ3) is 2.75. The van der Waals surface area contributed by atoms with Crippen LogP contribution in [0.15, 0.2) is 35.1 Å². The lowest BCUT2D eigenvalue weighted by Crippen LogP contribution is -2.37. The molecule has 0 radical (unpaired) electrons. The predicted octanol–water partition coefficient (Wildman–Crippen LogP) is 1.89. The van der Waals surface area contributed by atoms with Gasteiger partial charge in [0.1, 0.15) is 12.0 Å². The lowest BCUT2D eigenvalue weighted by molar-refractivity contribution is -0.132. The van der Waals surface area contributed by atoms with Crippen molar-refractivity contribution in [1.82, 2.24) is 20.1 Å². The minimum atomic E-state index is -0.325. The number of benzene rings is 1. The number of rotatable bonds is 3. The second kappa shape index (κ2) is 6.51. The van der Waals surface area contributed by atoms with Crippen LogP contribution >= 0.6 is 0 Å². The van der Waals surface area contributed by atoms with Gasteiger partial charge in [-0.15, -0.1) is 0 Å². The first-order valence-corrected chi connectivity index (χ1v) is 8.70. The summed E-state index contributed by atoms with van der Waals surface area (Å²) in [5.41, 5.74) is 0.950. The molecule has 2 amide bonds. The predicted molar refractivity (Wildman–Crippen MR) is 88.3 cm³/mol. The van der Waals surface area contributed by atoms with Gasteiger partial charge in [0.05, 0.1) is 6.04 Å². The van der Waals surface area contributed by atoms with Crippen LogP contribution in [-0.4, -0.2) is 51.6 Å². The summed E-state index contributed by atoms with van der Waals surface area (Å²) in [5, 5.41) is 7.09. The molecule has 1 aromatic heterocycles. The van der Waals surface area contributed by atoms with Crippen molar-refractivity contribution < 1.29 is 18.6 Å². The molecule has 2 aliphatic heterocycles. The second-order valence-electron chi connectivity index (χ2n) is 6.83. The molecule has 0 saturated carbocycles. The SMILES string of the molecule is CCC(=O)N1C[C@@H]2CN(C(=O)c3cnon3)C[C@@H]2[C@H]1c1cccc(F)c1. The number of halogens is 1. The summed E-state index contributed by atoms with van der Waals surface area (Å²) in [6, 6.07) is 6.15. The van der Waals surface area contributed by atoms with Crippen LogP contribution in [0.3, 0.4) is 0 Å². The third-order valence-corrected chi connectivity index (χ3v) is 5.34. The number of hydrogen-bond donors (Lipinski definition) is 0. The standard InChI is InChI=1S/C18H19FN4O3/c1-2-16(24)23-9-12-8-22(18(25)15-7-20-26-21-15)10-14(12)17(23)11-4-3-5-13(19)6-11/h3-7,12,14,17H,2,8-10H2,1H3/t12-,14-,17+/m0/s1. The first kappa shape index (κ1) is 16.7. The molecule has 1 aromatic carbocycles. The van der Waals surface area contributed by atoms with E-state index in [0.717, 1.165) is 5.56 Å². The molecular formula is C18H19FN4O3. The lowest BCUT2D eigenvalue weighted by atomic mass is 9.89. The van der Waals surface area contributed by atoms with Gasteiger partial charge >= 0.3 is 0 Å².